The van der Waals surface area contributed by atoms with Crippen molar-refractivity contribution in [2.75, 3.05) is 18.5 Å². The van der Waals surface area contributed by atoms with Crippen molar-refractivity contribution in [1.29, 1.82) is 0 Å². The van der Waals surface area contributed by atoms with E-state index in [1.165, 1.54) is 5.56 Å². The van der Waals surface area contributed by atoms with Gasteiger partial charge in [0.25, 0.3) is 0 Å². The van der Waals surface area contributed by atoms with E-state index in [9.17, 15) is 4.79 Å². The first kappa shape index (κ1) is 18.4. The molecule has 1 atom stereocenters. The van der Waals surface area contributed by atoms with Gasteiger partial charge in [0.15, 0.2) is 0 Å². The quantitative estimate of drug-likeness (QED) is 0.875. The molecule has 5 nitrogen and oxygen atoms in total. The summed E-state index contributed by atoms with van der Waals surface area (Å²) in [6, 6.07) is 11.9. The molecule has 26 heavy (non-hydrogen) atoms. The topological polar surface area (TPSA) is 54.5 Å². The minimum Gasteiger partial charge on any atom is -0.376 e. The van der Waals surface area contributed by atoms with Crippen molar-refractivity contribution in [2.24, 2.45) is 0 Å². The molecule has 1 aliphatic rings. The highest BCUT2D eigenvalue weighted by Crippen LogP contribution is 2.19. The van der Waals surface area contributed by atoms with Gasteiger partial charge in [-0.2, -0.15) is 0 Å². The number of aryl methyl sites for hydroxylation is 3. The molecule has 1 aromatic heterocycles. The standard InChI is InChI=1S/C21H27N3O2/c1-15-7-4-5-8-18(15)13-24(14-19-9-6-12-26-19)21(25)23-20-11-10-16(2)22-17(20)3/h4-5,7-8,10-11,19H,6,9,12-14H2,1-3H3,(H,23,25)/t19-/m0/s1. The zero-order valence-electron chi connectivity index (χ0n) is 15.8. The number of benzene rings is 1. The Labute approximate surface area is 155 Å². The molecule has 1 fully saturated rings. The lowest BCUT2D eigenvalue weighted by atomic mass is 10.1. The van der Waals surface area contributed by atoms with Gasteiger partial charge < -0.3 is 15.0 Å². The minimum atomic E-state index is -0.113. The van der Waals surface area contributed by atoms with Gasteiger partial charge in [-0.15, -0.1) is 0 Å². The number of pyridine rings is 1. The van der Waals surface area contributed by atoms with Crippen molar-refractivity contribution in [3.8, 4) is 0 Å². The summed E-state index contributed by atoms with van der Waals surface area (Å²) in [5.74, 6) is 0. The van der Waals surface area contributed by atoms with E-state index in [1.54, 1.807) is 0 Å². The summed E-state index contributed by atoms with van der Waals surface area (Å²) in [6.45, 7) is 7.88. The van der Waals surface area contributed by atoms with E-state index in [2.05, 4.69) is 29.4 Å². The van der Waals surface area contributed by atoms with E-state index in [-0.39, 0.29) is 12.1 Å². The second-order valence-electron chi connectivity index (χ2n) is 6.96. The zero-order valence-corrected chi connectivity index (χ0v) is 15.8. The molecule has 1 N–H and O–H groups in total. The highest BCUT2D eigenvalue weighted by molar-refractivity contribution is 5.89. The lowest BCUT2D eigenvalue weighted by Gasteiger charge is -2.26. The molecule has 3 rings (SSSR count). The monoisotopic (exact) mass is 353 g/mol. The van der Waals surface area contributed by atoms with Gasteiger partial charge in [-0.25, -0.2) is 4.79 Å². The number of amides is 2. The number of urea groups is 1. The summed E-state index contributed by atoms with van der Waals surface area (Å²) in [4.78, 5) is 19.3. The lowest BCUT2D eigenvalue weighted by molar-refractivity contribution is 0.0819. The molecule has 0 aliphatic carbocycles. The molecule has 138 valence electrons. The van der Waals surface area contributed by atoms with E-state index < -0.39 is 0 Å². The van der Waals surface area contributed by atoms with Crippen LogP contribution in [0.3, 0.4) is 0 Å². The van der Waals surface area contributed by atoms with Gasteiger partial charge in [-0.05, 0) is 56.9 Å². The third kappa shape index (κ3) is 4.61. The van der Waals surface area contributed by atoms with Crippen LogP contribution in [-0.2, 0) is 11.3 Å². The number of aromatic nitrogens is 1. The van der Waals surface area contributed by atoms with Crippen molar-refractivity contribution in [3.63, 3.8) is 0 Å². The van der Waals surface area contributed by atoms with Crippen LogP contribution in [0.4, 0.5) is 10.5 Å². The van der Waals surface area contributed by atoms with E-state index in [0.717, 1.165) is 42.1 Å². The van der Waals surface area contributed by atoms with Gasteiger partial charge >= 0.3 is 6.03 Å². The Balaban J connectivity index is 1.76. The third-order valence-corrected chi connectivity index (χ3v) is 4.82. The van der Waals surface area contributed by atoms with Gasteiger partial charge in [0, 0.05) is 25.4 Å². The molecule has 1 aromatic carbocycles. The van der Waals surface area contributed by atoms with Crippen LogP contribution in [0.15, 0.2) is 36.4 Å². The number of nitrogens with one attached hydrogen (secondary N) is 1. The van der Waals surface area contributed by atoms with E-state index in [1.807, 2.05) is 43.0 Å². The Bertz CT molecular complexity index is 770. The van der Waals surface area contributed by atoms with Crippen molar-refractivity contribution in [2.45, 2.75) is 46.3 Å². The first-order valence-electron chi connectivity index (χ1n) is 9.19. The lowest BCUT2D eigenvalue weighted by Crippen LogP contribution is -2.40. The van der Waals surface area contributed by atoms with Crippen LogP contribution in [0.2, 0.25) is 0 Å². The second kappa shape index (κ2) is 8.32. The molecule has 0 spiro atoms. The van der Waals surface area contributed by atoms with Gasteiger partial charge in [0.05, 0.1) is 17.5 Å². The van der Waals surface area contributed by atoms with Crippen LogP contribution in [0, 0.1) is 20.8 Å². The predicted octanol–water partition coefficient (Wildman–Crippen LogP) is 4.22. The Kier molecular flexibility index (Phi) is 5.89. The van der Waals surface area contributed by atoms with Gasteiger partial charge in [0.1, 0.15) is 0 Å². The molecular weight excluding hydrogens is 326 g/mol. The SMILES string of the molecule is Cc1ccc(NC(=O)N(Cc2ccccc2C)C[C@@H]2CCCO2)c(C)n1. The van der Waals surface area contributed by atoms with Crippen LogP contribution in [0.25, 0.3) is 0 Å². The number of hydrogen-bond acceptors (Lipinski definition) is 3. The Morgan fingerprint density at radius 3 is 2.73 bits per heavy atom. The van der Waals surface area contributed by atoms with Crippen LogP contribution >= 0.6 is 0 Å². The molecule has 0 bridgehead atoms. The number of ether oxygens (including phenoxy) is 1. The normalized spacial score (nSPS) is 16.5. The highest BCUT2D eigenvalue weighted by Gasteiger charge is 2.23. The van der Waals surface area contributed by atoms with Crippen molar-refractivity contribution in [3.05, 3.63) is 58.9 Å². The molecule has 2 heterocycles. The molecule has 1 saturated heterocycles. The fourth-order valence-corrected chi connectivity index (χ4v) is 3.26. The van der Waals surface area contributed by atoms with Crippen LogP contribution < -0.4 is 5.32 Å². The van der Waals surface area contributed by atoms with Crippen molar-refractivity contribution < 1.29 is 9.53 Å². The number of nitrogens with zero attached hydrogens (tertiary/aromatic N) is 2. The first-order chi connectivity index (χ1) is 12.5. The van der Waals surface area contributed by atoms with Crippen LogP contribution in [0.1, 0.15) is 35.4 Å². The van der Waals surface area contributed by atoms with Crippen LogP contribution in [0.5, 0.6) is 0 Å². The molecular formula is C21H27N3O2. The average Bonchev–Trinajstić information content (AvgIpc) is 3.12. The van der Waals surface area contributed by atoms with Gasteiger partial charge in [-0.1, -0.05) is 24.3 Å². The van der Waals surface area contributed by atoms with E-state index in [0.29, 0.717) is 13.1 Å². The number of hydrogen-bond donors (Lipinski definition) is 1. The highest BCUT2D eigenvalue weighted by atomic mass is 16.5. The Morgan fingerprint density at radius 2 is 2.04 bits per heavy atom. The molecule has 0 saturated carbocycles. The van der Waals surface area contributed by atoms with Gasteiger partial charge in [-0.3, -0.25) is 4.98 Å². The number of carbonyl (C=O) groups excluding carboxylic acids is 1. The maximum Gasteiger partial charge on any atom is 0.322 e. The summed E-state index contributed by atoms with van der Waals surface area (Å²) in [5.41, 5.74) is 4.86. The third-order valence-electron chi connectivity index (χ3n) is 4.82. The largest absolute Gasteiger partial charge is 0.376 e. The van der Waals surface area contributed by atoms with Crippen LogP contribution in [-0.4, -0.2) is 35.2 Å². The predicted molar refractivity (Wildman–Crippen MR) is 103 cm³/mol. The number of carbonyl (C=O) groups is 1. The molecule has 0 radical (unpaired) electrons. The Morgan fingerprint density at radius 1 is 1.23 bits per heavy atom. The summed E-state index contributed by atoms with van der Waals surface area (Å²) in [5, 5.41) is 3.02. The fourth-order valence-electron chi connectivity index (χ4n) is 3.26. The smallest absolute Gasteiger partial charge is 0.322 e. The number of rotatable bonds is 5. The summed E-state index contributed by atoms with van der Waals surface area (Å²) < 4.78 is 5.76. The minimum absolute atomic E-state index is 0.113. The van der Waals surface area contributed by atoms with Gasteiger partial charge in [0.2, 0.25) is 0 Å². The number of anilines is 1. The summed E-state index contributed by atoms with van der Waals surface area (Å²) >= 11 is 0. The maximum absolute atomic E-state index is 13.0. The first-order valence-corrected chi connectivity index (χ1v) is 9.19. The summed E-state index contributed by atoms with van der Waals surface area (Å²) in [7, 11) is 0. The molecule has 0 unspecified atom stereocenters. The maximum atomic E-state index is 13.0. The second-order valence-corrected chi connectivity index (χ2v) is 6.96. The molecule has 5 heteroatoms. The molecule has 2 aromatic rings. The fraction of sp³-hybridized carbons (Fsp3) is 0.429. The van der Waals surface area contributed by atoms with E-state index >= 15 is 0 Å². The average molecular weight is 353 g/mol. The van der Waals surface area contributed by atoms with Crippen molar-refractivity contribution >= 4 is 11.7 Å². The summed E-state index contributed by atoms with van der Waals surface area (Å²) in [6.07, 6.45) is 2.18. The zero-order chi connectivity index (χ0) is 18.5. The molecule has 1 aliphatic heterocycles. The Hall–Kier alpha value is -2.40. The van der Waals surface area contributed by atoms with Crippen molar-refractivity contribution in [1.82, 2.24) is 9.88 Å². The molecule has 2 amide bonds. The van der Waals surface area contributed by atoms with E-state index in [4.69, 9.17) is 4.74 Å².